The van der Waals surface area contributed by atoms with Gasteiger partial charge in [-0.1, -0.05) is 53.5 Å². The third-order valence-electron chi connectivity index (χ3n) is 3.99. The Morgan fingerprint density at radius 3 is 2.69 bits per heavy atom. The molecule has 0 aliphatic rings. The van der Waals surface area contributed by atoms with Gasteiger partial charge in [-0.15, -0.1) is 0 Å². The number of aromatic hydroxyl groups is 1. The predicted molar refractivity (Wildman–Crippen MR) is 103 cm³/mol. The van der Waals surface area contributed by atoms with Crippen LogP contribution in [0.4, 0.5) is 4.79 Å². The molecule has 0 unspecified atom stereocenters. The first-order chi connectivity index (χ1) is 12.5. The molecule has 0 bridgehead atoms. The molecule has 0 spiro atoms. The van der Waals surface area contributed by atoms with Crippen LogP contribution in [0.2, 0.25) is 0 Å². The van der Waals surface area contributed by atoms with Gasteiger partial charge in [-0.05, 0) is 35.7 Å². The van der Waals surface area contributed by atoms with Gasteiger partial charge in [0.05, 0.1) is 5.52 Å². The lowest BCUT2D eigenvalue weighted by Crippen LogP contribution is -2.26. The van der Waals surface area contributed by atoms with Crippen molar-refractivity contribution in [3.63, 3.8) is 0 Å². The molecule has 0 saturated heterocycles. The number of hydrogen-bond acceptors (Lipinski definition) is 3. The van der Waals surface area contributed by atoms with Crippen LogP contribution in [0.3, 0.4) is 0 Å². The Balaban J connectivity index is 1.59. The summed E-state index contributed by atoms with van der Waals surface area (Å²) in [6, 6.07) is 14.5. The van der Waals surface area contributed by atoms with Crippen LogP contribution in [0.5, 0.6) is 5.75 Å². The number of carbonyl (C=O) groups excluding carboxylic acids is 1. The second-order valence-corrected chi connectivity index (χ2v) is 6.83. The highest BCUT2D eigenvalue weighted by atomic mass is 35.5. The highest BCUT2D eigenvalue weighted by Gasteiger charge is 2.13. The van der Waals surface area contributed by atoms with E-state index in [1.807, 2.05) is 36.5 Å². The number of phenols is 1. The summed E-state index contributed by atoms with van der Waals surface area (Å²) in [4.78, 5) is 11.1. The van der Waals surface area contributed by atoms with Crippen LogP contribution < -0.4 is 5.32 Å². The van der Waals surface area contributed by atoms with Crippen LogP contribution in [0.25, 0.3) is 10.9 Å². The first-order valence-electron chi connectivity index (χ1n) is 8.10. The quantitative estimate of drug-likeness (QED) is 0.594. The van der Waals surface area contributed by atoms with E-state index in [9.17, 15) is 9.90 Å². The zero-order valence-electron chi connectivity index (χ0n) is 13.9. The second kappa shape index (κ2) is 8.34. The van der Waals surface area contributed by atoms with E-state index >= 15 is 0 Å². The zero-order valence-corrected chi connectivity index (χ0v) is 15.4. The van der Waals surface area contributed by atoms with Crippen molar-refractivity contribution in [2.75, 3.05) is 6.54 Å². The van der Waals surface area contributed by atoms with Crippen molar-refractivity contribution in [1.82, 2.24) is 9.88 Å². The van der Waals surface area contributed by atoms with E-state index in [4.69, 9.17) is 27.9 Å². The number of carbonyl (C=O) groups is 1. The van der Waals surface area contributed by atoms with Crippen molar-refractivity contribution in [3.05, 3.63) is 65.9 Å². The molecule has 2 N–H and O–H groups in total. The van der Waals surface area contributed by atoms with Gasteiger partial charge >= 0.3 is 6.09 Å². The summed E-state index contributed by atoms with van der Waals surface area (Å²) in [5, 5.41) is 13.3. The summed E-state index contributed by atoms with van der Waals surface area (Å²) >= 11 is 12.0. The number of nitrogens with zero attached hydrogens (tertiary/aromatic N) is 1. The molecule has 0 atom stereocenters. The Morgan fingerprint density at radius 1 is 1.19 bits per heavy atom. The number of halogens is 2. The van der Waals surface area contributed by atoms with Gasteiger partial charge in [0.25, 0.3) is 0 Å². The SMILES string of the molecule is O=C(NCCc1cn(C(Cl)Cl)c2ccc(O)cc12)OCc1ccccc1. The second-order valence-electron chi connectivity index (χ2n) is 5.78. The van der Waals surface area contributed by atoms with Gasteiger partial charge in [-0.2, -0.15) is 0 Å². The highest BCUT2D eigenvalue weighted by Crippen LogP contribution is 2.31. The van der Waals surface area contributed by atoms with Crippen LogP contribution >= 0.6 is 23.2 Å². The molecule has 1 heterocycles. The number of aromatic nitrogens is 1. The van der Waals surface area contributed by atoms with Gasteiger partial charge in [0.2, 0.25) is 0 Å². The van der Waals surface area contributed by atoms with E-state index in [2.05, 4.69) is 5.32 Å². The lowest BCUT2D eigenvalue weighted by molar-refractivity contribution is 0.140. The van der Waals surface area contributed by atoms with E-state index in [1.54, 1.807) is 22.8 Å². The summed E-state index contributed by atoms with van der Waals surface area (Å²) in [7, 11) is 0. The smallest absolute Gasteiger partial charge is 0.407 e. The molecule has 0 aliphatic carbocycles. The number of rotatable bonds is 6. The highest BCUT2D eigenvalue weighted by molar-refractivity contribution is 6.42. The number of alkyl halides is 2. The van der Waals surface area contributed by atoms with E-state index in [0.29, 0.717) is 13.0 Å². The van der Waals surface area contributed by atoms with Crippen molar-refractivity contribution in [2.24, 2.45) is 0 Å². The number of benzene rings is 2. The summed E-state index contributed by atoms with van der Waals surface area (Å²) < 4.78 is 6.89. The topological polar surface area (TPSA) is 63.5 Å². The molecule has 1 amide bonds. The minimum Gasteiger partial charge on any atom is -0.508 e. The Kier molecular flexibility index (Phi) is 5.91. The number of nitrogens with one attached hydrogen (secondary N) is 1. The minimum atomic E-state index is -0.736. The first-order valence-corrected chi connectivity index (χ1v) is 8.97. The maximum absolute atomic E-state index is 11.8. The zero-order chi connectivity index (χ0) is 18.5. The van der Waals surface area contributed by atoms with Gasteiger partial charge in [0.15, 0.2) is 4.96 Å². The summed E-state index contributed by atoms with van der Waals surface area (Å²) in [6.07, 6.45) is 1.90. The average molecular weight is 393 g/mol. The number of amides is 1. The largest absolute Gasteiger partial charge is 0.508 e. The molecule has 0 fully saturated rings. The molecule has 5 nitrogen and oxygen atoms in total. The Bertz CT molecular complexity index is 894. The fraction of sp³-hybridized carbons (Fsp3) is 0.211. The van der Waals surface area contributed by atoms with Gasteiger partial charge in [0, 0.05) is 18.1 Å². The number of hydrogen-bond donors (Lipinski definition) is 2. The van der Waals surface area contributed by atoms with Crippen LogP contribution in [0.15, 0.2) is 54.7 Å². The van der Waals surface area contributed by atoms with Gasteiger partial charge in [0.1, 0.15) is 12.4 Å². The van der Waals surface area contributed by atoms with Crippen LogP contribution in [0.1, 0.15) is 16.1 Å². The molecule has 136 valence electrons. The van der Waals surface area contributed by atoms with Crippen LogP contribution in [-0.4, -0.2) is 22.3 Å². The lowest BCUT2D eigenvalue weighted by Gasteiger charge is -2.07. The minimum absolute atomic E-state index is 0.160. The number of fused-ring (bicyclic) bond motifs is 1. The molecule has 0 aliphatic heterocycles. The maximum atomic E-state index is 11.8. The third-order valence-corrected chi connectivity index (χ3v) is 4.41. The molecular formula is C19H18Cl2N2O3. The summed E-state index contributed by atoms with van der Waals surface area (Å²) in [5.41, 5.74) is 2.67. The monoisotopic (exact) mass is 392 g/mol. The fourth-order valence-electron chi connectivity index (χ4n) is 2.75. The Labute approximate surface area is 161 Å². The van der Waals surface area contributed by atoms with Gasteiger partial charge in [-0.3, -0.25) is 0 Å². The van der Waals surface area contributed by atoms with Crippen LogP contribution in [-0.2, 0) is 17.8 Å². The average Bonchev–Trinajstić information content (AvgIpc) is 2.99. The maximum Gasteiger partial charge on any atom is 0.407 e. The van der Waals surface area contributed by atoms with E-state index < -0.39 is 11.1 Å². The molecule has 3 aromatic rings. The summed E-state index contributed by atoms with van der Waals surface area (Å²) in [5.74, 6) is 0.160. The van der Waals surface area contributed by atoms with Gasteiger partial charge < -0.3 is 19.7 Å². The normalized spacial score (nSPS) is 11.0. The summed E-state index contributed by atoms with van der Waals surface area (Å²) in [6.45, 7) is 0.609. The fourth-order valence-corrected chi connectivity index (χ4v) is 3.07. The molecule has 3 rings (SSSR count). The number of phenolic OH excluding ortho intramolecular Hbond substituents is 1. The molecule has 0 radical (unpaired) electrons. The molecule has 0 saturated carbocycles. The van der Waals surface area contributed by atoms with E-state index in [-0.39, 0.29) is 12.4 Å². The van der Waals surface area contributed by atoms with E-state index in [0.717, 1.165) is 22.0 Å². The van der Waals surface area contributed by atoms with Crippen molar-refractivity contribution in [1.29, 1.82) is 0 Å². The third kappa shape index (κ3) is 4.42. The van der Waals surface area contributed by atoms with Crippen molar-refractivity contribution >= 4 is 40.2 Å². The standard InChI is InChI=1S/C19H18Cl2N2O3/c20-18(21)23-11-14(16-10-15(24)6-7-17(16)23)8-9-22-19(25)26-12-13-4-2-1-3-5-13/h1-7,10-11,18,24H,8-9,12H2,(H,22,25). The Morgan fingerprint density at radius 2 is 1.96 bits per heavy atom. The van der Waals surface area contributed by atoms with Crippen molar-refractivity contribution in [3.8, 4) is 5.75 Å². The lowest BCUT2D eigenvalue weighted by atomic mass is 10.1. The van der Waals surface area contributed by atoms with Crippen LogP contribution in [0, 0.1) is 0 Å². The molecular weight excluding hydrogens is 375 g/mol. The predicted octanol–water partition coefficient (Wildman–Crippen LogP) is 4.75. The molecule has 7 heteroatoms. The number of alkyl carbamates (subject to hydrolysis) is 1. The molecule has 26 heavy (non-hydrogen) atoms. The Hall–Kier alpha value is -2.37. The van der Waals surface area contributed by atoms with Gasteiger partial charge in [-0.25, -0.2) is 4.79 Å². The first kappa shape index (κ1) is 18.4. The molecule has 1 aromatic heterocycles. The van der Waals surface area contributed by atoms with Crippen molar-refractivity contribution in [2.45, 2.75) is 18.0 Å². The molecule has 2 aromatic carbocycles. The number of ether oxygens (including phenoxy) is 1. The van der Waals surface area contributed by atoms with Crippen molar-refractivity contribution < 1.29 is 14.6 Å². The van der Waals surface area contributed by atoms with E-state index in [1.165, 1.54) is 0 Å².